The highest BCUT2D eigenvalue weighted by molar-refractivity contribution is 7.21. The quantitative estimate of drug-likeness (QED) is 0.124. The molecule has 1 saturated heterocycles. The number of hydrogen-bond acceptors (Lipinski definition) is 7. The molecule has 0 bridgehead atoms. The second-order valence-electron chi connectivity index (χ2n) is 10.2. The predicted molar refractivity (Wildman–Crippen MR) is 160 cm³/mol. The van der Waals surface area contributed by atoms with E-state index >= 15 is 0 Å². The van der Waals surface area contributed by atoms with E-state index in [0.29, 0.717) is 11.3 Å². The van der Waals surface area contributed by atoms with Gasteiger partial charge in [-0.2, -0.15) is 0 Å². The molecule has 1 fully saturated rings. The highest BCUT2D eigenvalue weighted by Gasteiger charge is 2.44. The third-order valence-electron chi connectivity index (χ3n) is 7.27. The fraction of sp³-hybridized carbons (Fsp3) is 0.125. The summed E-state index contributed by atoms with van der Waals surface area (Å²) in [7, 11) is 0. The fourth-order valence-electron chi connectivity index (χ4n) is 5.04. The van der Waals surface area contributed by atoms with Crippen LogP contribution in [0.4, 0.5) is 15.8 Å². The smallest absolute Gasteiger partial charge is 0.269 e. The van der Waals surface area contributed by atoms with Crippen LogP contribution in [0, 0.1) is 22.9 Å². The van der Waals surface area contributed by atoms with Crippen LogP contribution in [-0.4, -0.2) is 38.6 Å². The van der Waals surface area contributed by atoms with Crippen molar-refractivity contribution in [3.8, 4) is 10.6 Å². The molecule has 1 unspecified atom stereocenters. The maximum absolute atomic E-state index is 13.7. The Bertz CT molecular complexity index is 1890. The Kier molecular flexibility index (Phi) is 7.24. The van der Waals surface area contributed by atoms with Gasteiger partial charge in [0.05, 0.1) is 27.2 Å². The Hall–Kier alpha value is -5.29. The number of halogens is 1. The first-order valence-corrected chi connectivity index (χ1v) is 14.1. The van der Waals surface area contributed by atoms with Crippen molar-refractivity contribution in [1.82, 2.24) is 9.88 Å². The number of non-ortho nitro benzene ring substituents is 1. The van der Waals surface area contributed by atoms with Crippen molar-refractivity contribution < 1.29 is 23.7 Å². The first-order chi connectivity index (χ1) is 20.7. The lowest BCUT2D eigenvalue weighted by atomic mass is 10.1. The minimum Gasteiger partial charge on any atom is -0.322 e. The first kappa shape index (κ1) is 27.9. The largest absolute Gasteiger partial charge is 0.322 e. The molecule has 9 nitrogen and oxygen atoms in total. The predicted octanol–water partition coefficient (Wildman–Crippen LogP) is 6.29. The molecule has 11 heteroatoms. The van der Waals surface area contributed by atoms with Crippen molar-refractivity contribution in [1.29, 1.82) is 0 Å². The fourth-order valence-corrected chi connectivity index (χ4v) is 6.11. The third kappa shape index (κ3) is 5.50. The lowest BCUT2D eigenvalue weighted by Crippen LogP contribution is -2.45. The van der Waals surface area contributed by atoms with Crippen LogP contribution in [0.25, 0.3) is 20.8 Å². The van der Waals surface area contributed by atoms with E-state index in [1.54, 1.807) is 35.6 Å². The minimum atomic E-state index is -1.13. The number of anilines is 1. The molecule has 6 rings (SSSR count). The molecule has 1 aliphatic heterocycles. The van der Waals surface area contributed by atoms with Crippen LogP contribution in [0.5, 0.6) is 0 Å². The van der Waals surface area contributed by atoms with Gasteiger partial charge in [0.25, 0.3) is 17.5 Å². The molecular formula is C32H23FN4O5S. The summed E-state index contributed by atoms with van der Waals surface area (Å²) >= 11 is 1.55. The van der Waals surface area contributed by atoms with Gasteiger partial charge in [0.2, 0.25) is 5.91 Å². The molecule has 0 radical (unpaired) electrons. The minimum absolute atomic E-state index is 0.0797. The molecule has 0 saturated carbocycles. The van der Waals surface area contributed by atoms with Crippen LogP contribution in [0.1, 0.15) is 27.9 Å². The van der Waals surface area contributed by atoms with Crippen LogP contribution >= 0.6 is 11.3 Å². The van der Waals surface area contributed by atoms with E-state index in [0.717, 1.165) is 31.3 Å². The Morgan fingerprint density at radius 1 is 1.02 bits per heavy atom. The van der Waals surface area contributed by atoms with Gasteiger partial charge in [-0.15, -0.1) is 11.3 Å². The van der Waals surface area contributed by atoms with E-state index in [-0.39, 0.29) is 24.2 Å². The average Bonchev–Trinajstić information content (AvgIpc) is 3.56. The standard InChI is InChI=1S/C32H23FN4O5S/c1-19-2-15-26-28(16-19)43-30(34-26)21-5-11-24(12-6-21)36-29(38)17-27(32(36)40)35(18-20-3-9-23(33)10-4-20)31(39)22-7-13-25(14-8-22)37(41)42/h2-16,27H,17-18H2,1H3. The van der Waals surface area contributed by atoms with E-state index < -0.39 is 34.5 Å². The second kappa shape index (κ2) is 11.2. The molecule has 4 aromatic carbocycles. The van der Waals surface area contributed by atoms with Gasteiger partial charge in [-0.05, 0) is 78.7 Å². The number of carbonyl (C=O) groups is 3. The molecular weight excluding hydrogens is 571 g/mol. The van der Waals surface area contributed by atoms with Gasteiger partial charge in [0.1, 0.15) is 16.9 Å². The zero-order valence-corrected chi connectivity index (χ0v) is 23.6. The van der Waals surface area contributed by atoms with Crippen LogP contribution in [0.15, 0.2) is 91.0 Å². The van der Waals surface area contributed by atoms with E-state index in [4.69, 9.17) is 4.98 Å². The Morgan fingerprint density at radius 3 is 2.40 bits per heavy atom. The summed E-state index contributed by atoms with van der Waals surface area (Å²) in [4.78, 5) is 58.1. The SMILES string of the molecule is Cc1ccc2nc(-c3ccc(N4C(=O)CC(N(Cc5ccc(F)cc5)C(=O)c5ccc([N+](=O)[O-])cc5)C4=O)cc3)sc2c1. The number of rotatable bonds is 7. The summed E-state index contributed by atoms with van der Waals surface area (Å²) in [6.07, 6.45) is -0.252. The van der Waals surface area contributed by atoms with Crippen molar-refractivity contribution in [2.75, 3.05) is 4.90 Å². The molecule has 2 heterocycles. The third-order valence-corrected chi connectivity index (χ3v) is 8.33. The zero-order chi connectivity index (χ0) is 30.2. The maximum atomic E-state index is 13.7. The highest BCUT2D eigenvalue weighted by Crippen LogP contribution is 2.33. The van der Waals surface area contributed by atoms with E-state index in [9.17, 15) is 28.9 Å². The summed E-state index contributed by atoms with van der Waals surface area (Å²) in [5.41, 5.74) is 3.70. The van der Waals surface area contributed by atoms with Crippen molar-refractivity contribution in [3.63, 3.8) is 0 Å². The van der Waals surface area contributed by atoms with E-state index in [1.165, 1.54) is 53.4 Å². The number of aromatic nitrogens is 1. The molecule has 0 N–H and O–H groups in total. The van der Waals surface area contributed by atoms with E-state index in [1.807, 2.05) is 19.1 Å². The van der Waals surface area contributed by atoms with Gasteiger partial charge < -0.3 is 4.90 Å². The number of fused-ring (bicyclic) bond motifs is 1. The number of aryl methyl sites for hydroxylation is 1. The van der Waals surface area contributed by atoms with Gasteiger partial charge in [-0.1, -0.05) is 18.2 Å². The van der Waals surface area contributed by atoms with Crippen LogP contribution in [0.2, 0.25) is 0 Å². The Labute approximate surface area is 249 Å². The highest BCUT2D eigenvalue weighted by atomic mass is 32.1. The molecule has 43 heavy (non-hydrogen) atoms. The number of nitrogens with zero attached hydrogens (tertiary/aromatic N) is 4. The number of imide groups is 1. The Morgan fingerprint density at radius 2 is 1.72 bits per heavy atom. The lowest BCUT2D eigenvalue weighted by molar-refractivity contribution is -0.384. The van der Waals surface area contributed by atoms with Gasteiger partial charge in [0.15, 0.2) is 0 Å². The monoisotopic (exact) mass is 594 g/mol. The van der Waals surface area contributed by atoms with Gasteiger partial charge in [-0.25, -0.2) is 14.3 Å². The number of amides is 3. The molecule has 3 amide bonds. The lowest BCUT2D eigenvalue weighted by Gasteiger charge is -2.28. The van der Waals surface area contributed by atoms with Crippen molar-refractivity contribution >= 4 is 50.6 Å². The maximum Gasteiger partial charge on any atom is 0.269 e. The summed E-state index contributed by atoms with van der Waals surface area (Å²) in [6, 6.07) is 22.3. The molecule has 5 aromatic rings. The van der Waals surface area contributed by atoms with Gasteiger partial charge in [0, 0.05) is 29.8 Å². The second-order valence-corrected chi connectivity index (χ2v) is 11.2. The summed E-state index contributed by atoms with van der Waals surface area (Å²) < 4.78 is 14.6. The van der Waals surface area contributed by atoms with E-state index in [2.05, 4.69) is 6.07 Å². The number of benzene rings is 4. The van der Waals surface area contributed by atoms with Crippen LogP contribution < -0.4 is 4.90 Å². The number of nitro groups is 1. The molecule has 0 aliphatic carbocycles. The van der Waals surface area contributed by atoms with Crippen LogP contribution in [0.3, 0.4) is 0 Å². The van der Waals surface area contributed by atoms with Crippen molar-refractivity contribution in [2.24, 2.45) is 0 Å². The topological polar surface area (TPSA) is 114 Å². The zero-order valence-electron chi connectivity index (χ0n) is 22.8. The normalized spacial score (nSPS) is 14.8. The van der Waals surface area contributed by atoms with Crippen molar-refractivity contribution in [2.45, 2.75) is 25.9 Å². The summed E-state index contributed by atoms with van der Waals surface area (Å²) in [6.45, 7) is 1.94. The average molecular weight is 595 g/mol. The number of carbonyl (C=O) groups excluding carboxylic acids is 3. The molecule has 1 atom stereocenters. The number of hydrogen-bond donors (Lipinski definition) is 0. The molecule has 214 valence electrons. The van der Waals surface area contributed by atoms with Gasteiger partial charge in [-0.3, -0.25) is 24.5 Å². The molecule has 0 spiro atoms. The number of nitro benzene ring substituents is 1. The molecule has 1 aromatic heterocycles. The first-order valence-electron chi connectivity index (χ1n) is 13.3. The van der Waals surface area contributed by atoms with Gasteiger partial charge >= 0.3 is 0 Å². The Balaban J connectivity index is 1.28. The number of thiazole rings is 1. The molecule has 1 aliphatic rings. The van der Waals surface area contributed by atoms with Crippen LogP contribution in [-0.2, 0) is 16.1 Å². The summed E-state index contributed by atoms with van der Waals surface area (Å²) in [5, 5.41) is 11.9. The van der Waals surface area contributed by atoms with Crippen molar-refractivity contribution in [3.05, 3.63) is 124 Å². The summed E-state index contributed by atoms with van der Waals surface area (Å²) in [5.74, 6) is -2.10.